The van der Waals surface area contributed by atoms with Gasteiger partial charge < -0.3 is 20.4 Å². The molecule has 1 saturated heterocycles. The highest BCUT2D eigenvalue weighted by Crippen LogP contribution is 2.40. The summed E-state index contributed by atoms with van der Waals surface area (Å²) in [5.74, 6) is -6.36. The Morgan fingerprint density at radius 2 is 1.67 bits per heavy atom. The van der Waals surface area contributed by atoms with Gasteiger partial charge in [-0.05, 0) is 40.8 Å². The predicted molar refractivity (Wildman–Crippen MR) is 129 cm³/mol. The molecule has 15 heteroatoms. The third kappa shape index (κ3) is 5.10. The molecule has 39 heavy (non-hydrogen) atoms. The number of carbonyl (C=O) groups is 1. The lowest BCUT2D eigenvalue weighted by Crippen LogP contribution is -2.48. The van der Waals surface area contributed by atoms with Crippen LogP contribution in [0.25, 0.3) is 16.7 Å². The number of aliphatic hydroxyl groups is 2. The molecule has 1 aromatic carbocycles. The van der Waals surface area contributed by atoms with E-state index in [9.17, 15) is 46.1 Å². The summed E-state index contributed by atoms with van der Waals surface area (Å²) in [6, 6.07) is -0.372. The highest BCUT2D eigenvalue weighted by atomic mass is 79.9. The highest BCUT2D eigenvalue weighted by molar-refractivity contribution is 9.10. The van der Waals surface area contributed by atoms with Crippen molar-refractivity contribution in [2.75, 3.05) is 18.0 Å². The topological polar surface area (TPSA) is 108 Å². The summed E-state index contributed by atoms with van der Waals surface area (Å²) in [5, 5.41) is 21.3. The zero-order valence-electron chi connectivity index (χ0n) is 19.6. The molecule has 1 amide bonds. The van der Waals surface area contributed by atoms with Gasteiger partial charge in [-0.3, -0.25) is 14.2 Å². The summed E-state index contributed by atoms with van der Waals surface area (Å²) >= 11 is 3.21. The average molecular weight is 621 g/mol. The first kappa shape index (κ1) is 27.4. The van der Waals surface area contributed by atoms with Gasteiger partial charge >= 0.3 is 6.18 Å². The number of amides is 1. The second-order valence-electron chi connectivity index (χ2n) is 9.49. The lowest BCUT2D eigenvalue weighted by molar-refractivity contribution is -0.158. The van der Waals surface area contributed by atoms with Gasteiger partial charge in [0.25, 0.3) is 5.91 Å². The average Bonchev–Trinajstić information content (AvgIpc) is 3.61. The molecule has 208 valence electrons. The molecule has 0 bridgehead atoms. The molecule has 3 atom stereocenters. The van der Waals surface area contributed by atoms with Crippen molar-refractivity contribution in [3.63, 3.8) is 0 Å². The van der Waals surface area contributed by atoms with Crippen molar-refractivity contribution in [2.45, 2.75) is 37.3 Å². The van der Waals surface area contributed by atoms with Crippen molar-refractivity contribution in [2.24, 2.45) is 5.92 Å². The second-order valence-corrected chi connectivity index (χ2v) is 10.3. The number of benzene rings is 1. The molecule has 8 nitrogen and oxygen atoms in total. The molecule has 2 aliphatic rings. The van der Waals surface area contributed by atoms with Gasteiger partial charge in [0.2, 0.25) is 5.43 Å². The van der Waals surface area contributed by atoms with Crippen LogP contribution in [0.15, 0.2) is 33.7 Å². The van der Waals surface area contributed by atoms with Crippen molar-refractivity contribution < 1.29 is 41.4 Å². The van der Waals surface area contributed by atoms with Crippen LogP contribution in [0.2, 0.25) is 0 Å². The van der Waals surface area contributed by atoms with E-state index in [2.05, 4.69) is 20.9 Å². The molecular formula is C24H19BrF6N4O4. The molecule has 0 unspecified atom stereocenters. The SMILES string of the molecule is O=C(N[C@@H](C1CC1)C(F)(F)F)c1cn(-c2c(F)cc(F)cc2F)c2nc(N3C[C@@H](O)[C@H](O)C3)c(Br)cc2c1=O. The summed E-state index contributed by atoms with van der Waals surface area (Å²) in [6.07, 6.45) is -5.98. The molecular weight excluding hydrogens is 602 g/mol. The lowest BCUT2D eigenvalue weighted by Gasteiger charge is -2.22. The van der Waals surface area contributed by atoms with Crippen LogP contribution in [0.3, 0.4) is 0 Å². The first-order chi connectivity index (χ1) is 18.3. The fourth-order valence-electron chi connectivity index (χ4n) is 4.59. The maximum absolute atomic E-state index is 14.9. The number of hydrogen-bond acceptors (Lipinski definition) is 6. The van der Waals surface area contributed by atoms with Crippen LogP contribution >= 0.6 is 15.9 Å². The summed E-state index contributed by atoms with van der Waals surface area (Å²) in [5.41, 5.74) is -3.27. The van der Waals surface area contributed by atoms with Crippen molar-refractivity contribution >= 4 is 38.7 Å². The zero-order chi connectivity index (χ0) is 28.4. The fourth-order valence-corrected chi connectivity index (χ4v) is 5.16. The van der Waals surface area contributed by atoms with Crippen molar-refractivity contribution in [3.05, 3.63) is 62.1 Å². The van der Waals surface area contributed by atoms with Crippen LogP contribution in [-0.2, 0) is 0 Å². The minimum Gasteiger partial charge on any atom is -0.389 e. The maximum atomic E-state index is 14.9. The molecule has 2 fully saturated rings. The van der Waals surface area contributed by atoms with Crippen LogP contribution in [-0.4, -0.2) is 63.2 Å². The van der Waals surface area contributed by atoms with E-state index in [1.807, 2.05) is 5.32 Å². The Hall–Kier alpha value is -3.17. The number of carbonyl (C=O) groups excluding carboxylic acids is 1. The number of aliphatic hydroxyl groups excluding tert-OH is 2. The smallest absolute Gasteiger partial charge is 0.389 e. The molecule has 1 aliphatic carbocycles. The molecule has 2 aromatic heterocycles. The van der Waals surface area contributed by atoms with Gasteiger partial charge in [-0.25, -0.2) is 18.2 Å². The van der Waals surface area contributed by atoms with Gasteiger partial charge in [-0.1, -0.05) is 0 Å². The Kier molecular flexibility index (Phi) is 6.87. The standard InChI is InChI=1S/C24H19BrF6N4O4/c25-13-5-11-19(38)12(23(39)32-20(9-1-2-9)24(29,30)31)6-35(18-14(27)3-10(26)4-15(18)28)21(11)33-22(13)34-7-16(36)17(37)8-34/h3-6,9,16-17,20,36-37H,1-2,7-8H2,(H,32,39)/t16-,17-,20+/m1/s1. The predicted octanol–water partition coefficient (Wildman–Crippen LogP) is 3.18. The molecule has 3 heterocycles. The van der Waals surface area contributed by atoms with Gasteiger partial charge in [0.1, 0.15) is 28.9 Å². The normalized spacial score (nSPS) is 20.5. The van der Waals surface area contributed by atoms with Crippen LogP contribution in [0.4, 0.5) is 32.2 Å². The number of nitrogens with one attached hydrogen (secondary N) is 1. The first-order valence-corrected chi connectivity index (χ1v) is 12.4. The minimum absolute atomic E-state index is 0.0530. The van der Waals surface area contributed by atoms with Crippen molar-refractivity contribution in [3.8, 4) is 5.69 Å². The largest absolute Gasteiger partial charge is 0.408 e. The molecule has 3 N–H and O–H groups in total. The second kappa shape index (κ2) is 9.78. The number of alkyl halides is 3. The molecule has 1 saturated carbocycles. The van der Waals surface area contributed by atoms with Crippen LogP contribution in [0, 0.1) is 23.4 Å². The minimum atomic E-state index is -4.80. The number of hydrogen-bond donors (Lipinski definition) is 3. The van der Waals surface area contributed by atoms with Crippen molar-refractivity contribution in [1.82, 2.24) is 14.9 Å². The van der Waals surface area contributed by atoms with E-state index in [1.54, 1.807) is 0 Å². The first-order valence-electron chi connectivity index (χ1n) is 11.7. The molecule has 1 aliphatic heterocycles. The summed E-state index contributed by atoms with van der Waals surface area (Å²) < 4.78 is 84.8. The number of rotatable bonds is 5. The van der Waals surface area contributed by atoms with E-state index in [0.717, 1.165) is 6.07 Å². The Labute approximate surface area is 224 Å². The third-order valence-electron chi connectivity index (χ3n) is 6.67. The Morgan fingerprint density at radius 3 is 2.21 bits per heavy atom. The number of aromatic nitrogens is 2. The van der Waals surface area contributed by atoms with Gasteiger partial charge in [-0.2, -0.15) is 13.2 Å². The number of pyridine rings is 2. The van der Waals surface area contributed by atoms with E-state index in [-0.39, 0.29) is 36.2 Å². The molecule has 0 spiro atoms. The Balaban J connectivity index is 1.72. The van der Waals surface area contributed by atoms with Crippen molar-refractivity contribution in [1.29, 1.82) is 0 Å². The number of nitrogens with zero attached hydrogens (tertiary/aromatic N) is 3. The lowest BCUT2D eigenvalue weighted by atomic mass is 10.1. The van der Waals surface area contributed by atoms with E-state index in [0.29, 0.717) is 22.9 Å². The van der Waals surface area contributed by atoms with Gasteiger partial charge in [0.05, 0.1) is 22.1 Å². The molecule has 0 radical (unpaired) electrons. The molecule has 5 rings (SSSR count). The van der Waals surface area contributed by atoms with Gasteiger partial charge in [0.15, 0.2) is 17.3 Å². The number of β-amino-alcohol motifs (C(OH)–C–C–N with tert-alkyl or cyclic N) is 2. The van der Waals surface area contributed by atoms with Crippen LogP contribution in [0.1, 0.15) is 23.2 Å². The zero-order valence-corrected chi connectivity index (χ0v) is 21.2. The Morgan fingerprint density at radius 1 is 1.08 bits per heavy atom. The van der Waals surface area contributed by atoms with Gasteiger partial charge in [0, 0.05) is 31.4 Å². The van der Waals surface area contributed by atoms with E-state index >= 15 is 0 Å². The Bertz CT molecular complexity index is 1510. The summed E-state index contributed by atoms with van der Waals surface area (Å²) in [4.78, 5) is 32.0. The number of fused-ring (bicyclic) bond motifs is 1. The number of halogens is 7. The molecule has 3 aromatic rings. The maximum Gasteiger partial charge on any atom is 0.408 e. The monoisotopic (exact) mass is 620 g/mol. The van der Waals surface area contributed by atoms with E-state index < -0.39 is 81.4 Å². The number of anilines is 1. The van der Waals surface area contributed by atoms with E-state index in [1.165, 1.54) is 4.90 Å². The third-order valence-corrected chi connectivity index (χ3v) is 7.26. The quantitative estimate of drug-likeness (QED) is 0.378. The van der Waals surface area contributed by atoms with E-state index in [4.69, 9.17) is 0 Å². The van der Waals surface area contributed by atoms with Crippen LogP contribution in [0.5, 0.6) is 0 Å². The highest BCUT2D eigenvalue weighted by Gasteiger charge is 2.50. The van der Waals surface area contributed by atoms with Gasteiger partial charge in [-0.15, -0.1) is 0 Å². The fraction of sp³-hybridized carbons (Fsp3) is 0.375. The van der Waals surface area contributed by atoms with Crippen LogP contribution < -0.4 is 15.6 Å². The summed E-state index contributed by atoms with van der Waals surface area (Å²) in [7, 11) is 0. The summed E-state index contributed by atoms with van der Waals surface area (Å²) in [6.45, 7) is -0.162.